The fourth-order valence-corrected chi connectivity index (χ4v) is 1.60. The molecule has 1 heterocycles. The van der Waals surface area contributed by atoms with E-state index < -0.39 is 4.92 Å². The van der Waals surface area contributed by atoms with Gasteiger partial charge >= 0.3 is 5.69 Å². The summed E-state index contributed by atoms with van der Waals surface area (Å²) >= 11 is 0. The molecule has 0 saturated heterocycles. The third-order valence-corrected chi connectivity index (χ3v) is 2.63. The predicted molar refractivity (Wildman–Crippen MR) is 71.0 cm³/mol. The molecule has 1 aromatic heterocycles. The lowest BCUT2D eigenvalue weighted by molar-refractivity contribution is -0.384. The zero-order valence-electron chi connectivity index (χ0n) is 11.0. The first-order valence-electron chi connectivity index (χ1n) is 6.00. The van der Waals surface area contributed by atoms with Crippen LogP contribution in [0.5, 0.6) is 0 Å². The maximum atomic E-state index is 10.9. The Kier molecular flexibility index (Phi) is 5.29. The highest BCUT2D eigenvalue weighted by Crippen LogP contribution is 2.25. The van der Waals surface area contributed by atoms with Crippen LogP contribution in [-0.4, -0.2) is 35.5 Å². The van der Waals surface area contributed by atoms with Crippen LogP contribution < -0.4 is 10.2 Å². The van der Waals surface area contributed by atoms with Crippen molar-refractivity contribution in [1.29, 1.82) is 0 Å². The molecule has 7 heteroatoms. The summed E-state index contributed by atoms with van der Waals surface area (Å²) in [6.07, 6.45) is 4.44. The van der Waals surface area contributed by atoms with Gasteiger partial charge in [-0.1, -0.05) is 19.8 Å². The Morgan fingerprint density at radius 1 is 1.50 bits per heavy atom. The Morgan fingerprint density at radius 2 is 2.22 bits per heavy atom. The number of aromatic nitrogens is 2. The molecule has 100 valence electrons. The topological polar surface area (TPSA) is 84.2 Å². The van der Waals surface area contributed by atoms with E-state index in [2.05, 4.69) is 22.2 Å². The van der Waals surface area contributed by atoms with Gasteiger partial charge in [-0.05, 0) is 6.42 Å². The van der Waals surface area contributed by atoms with E-state index in [-0.39, 0.29) is 5.69 Å². The summed E-state index contributed by atoms with van der Waals surface area (Å²) in [6.45, 7) is 2.86. The largest absolute Gasteiger partial charge is 0.357 e. The summed E-state index contributed by atoms with van der Waals surface area (Å²) in [5.74, 6) is 0.744. The monoisotopic (exact) mass is 253 g/mol. The van der Waals surface area contributed by atoms with Gasteiger partial charge in [-0.2, -0.15) is 4.98 Å². The molecular formula is C11H19N5O2. The fraction of sp³-hybridized carbons (Fsp3) is 0.636. The summed E-state index contributed by atoms with van der Waals surface area (Å²) in [6, 6.07) is 0. The second-order valence-electron chi connectivity index (χ2n) is 4.04. The maximum absolute atomic E-state index is 10.9. The van der Waals surface area contributed by atoms with Gasteiger partial charge in [-0.15, -0.1) is 0 Å². The second kappa shape index (κ2) is 6.73. The van der Waals surface area contributed by atoms with Crippen LogP contribution in [0.2, 0.25) is 0 Å². The first-order valence-corrected chi connectivity index (χ1v) is 6.00. The quantitative estimate of drug-likeness (QED) is 0.455. The molecule has 0 aromatic carbocycles. The lowest BCUT2D eigenvalue weighted by atomic mass is 10.2. The van der Waals surface area contributed by atoms with E-state index in [0.717, 1.165) is 25.8 Å². The van der Waals surface area contributed by atoms with E-state index in [1.807, 2.05) is 7.05 Å². The highest BCUT2D eigenvalue weighted by Gasteiger charge is 2.20. The molecule has 0 saturated carbocycles. The van der Waals surface area contributed by atoms with Crippen LogP contribution in [0.15, 0.2) is 6.20 Å². The Balaban J connectivity index is 2.92. The summed E-state index contributed by atoms with van der Waals surface area (Å²) in [7, 11) is 3.49. The summed E-state index contributed by atoms with van der Waals surface area (Å²) in [5, 5.41) is 13.7. The van der Waals surface area contributed by atoms with Crippen LogP contribution in [0.4, 0.5) is 17.5 Å². The van der Waals surface area contributed by atoms with Crippen molar-refractivity contribution in [1.82, 2.24) is 9.97 Å². The van der Waals surface area contributed by atoms with Crippen LogP contribution in [-0.2, 0) is 0 Å². The molecule has 0 fully saturated rings. The Morgan fingerprint density at radius 3 is 2.78 bits per heavy atom. The molecule has 1 N–H and O–H groups in total. The van der Waals surface area contributed by atoms with Crippen LogP contribution in [0.25, 0.3) is 0 Å². The molecule has 1 rings (SSSR count). The third kappa shape index (κ3) is 3.54. The van der Waals surface area contributed by atoms with Gasteiger partial charge in [-0.3, -0.25) is 10.1 Å². The normalized spacial score (nSPS) is 10.2. The van der Waals surface area contributed by atoms with E-state index in [4.69, 9.17) is 0 Å². The van der Waals surface area contributed by atoms with Gasteiger partial charge in [0.05, 0.1) is 4.92 Å². The minimum absolute atomic E-state index is 0.0620. The van der Waals surface area contributed by atoms with Crippen molar-refractivity contribution in [3.8, 4) is 0 Å². The average Bonchev–Trinajstić information content (AvgIpc) is 2.38. The highest BCUT2D eigenvalue weighted by molar-refractivity contribution is 5.58. The van der Waals surface area contributed by atoms with Crippen LogP contribution in [0.3, 0.4) is 0 Å². The number of anilines is 2. The first kappa shape index (κ1) is 14.1. The van der Waals surface area contributed by atoms with Gasteiger partial charge in [0.25, 0.3) is 0 Å². The molecule has 0 aliphatic rings. The summed E-state index contributed by atoms with van der Waals surface area (Å²) in [4.78, 5) is 20.3. The van der Waals surface area contributed by atoms with Crippen molar-refractivity contribution in [2.45, 2.75) is 26.2 Å². The van der Waals surface area contributed by atoms with Gasteiger partial charge < -0.3 is 10.2 Å². The van der Waals surface area contributed by atoms with Crippen molar-refractivity contribution < 1.29 is 4.92 Å². The number of nitrogens with one attached hydrogen (secondary N) is 1. The molecule has 0 radical (unpaired) electrons. The van der Waals surface area contributed by atoms with E-state index in [1.54, 1.807) is 11.9 Å². The van der Waals surface area contributed by atoms with Gasteiger partial charge in [-0.25, -0.2) is 4.98 Å². The van der Waals surface area contributed by atoms with Gasteiger partial charge in [0.15, 0.2) is 0 Å². The molecule has 0 atom stereocenters. The second-order valence-corrected chi connectivity index (χ2v) is 4.04. The SMILES string of the molecule is CCCCCN(C)c1nc(NC)ncc1[N+](=O)[O-]. The number of nitrogens with zero attached hydrogens (tertiary/aromatic N) is 4. The minimum atomic E-state index is -0.453. The molecule has 0 aliphatic heterocycles. The highest BCUT2D eigenvalue weighted by atomic mass is 16.6. The van der Waals surface area contributed by atoms with E-state index in [1.165, 1.54) is 6.20 Å². The van der Waals surface area contributed by atoms with Gasteiger partial charge in [0.2, 0.25) is 11.8 Å². The first-order chi connectivity index (χ1) is 8.60. The Labute approximate surface area is 106 Å². The van der Waals surface area contributed by atoms with Crippen molar-refractivity contribution in [3.63, 3.8) is 0 Å². The summed E-state index contributed by atoms with van der Waals surface area (Å²) in [5.41, 5.74) is -0.0620. The van der Waals surface area contributed by atoms with Gasteiger partial charge in [0.1, 0.15) is 6.20 Å². The molecule has 1 aromatic rings. The zero-order chi connectivity index (χ0) is 13.5. The molecule has 7 nitrogen and oxygen atoms in total. The van der Waals surface area contributed by atoms with Crippen LogP contribution in [0, 0.1) is 10.1 Å². The molecular weight excluding hydrogens is 234 g/mol. The lowest BCUT2D eigenvalue weighted by Gasteiger charge is -2.17. The molecule has 0 bridgehead atoms. The van der Waals surface area contributed by atoms with Crippen molar-refractivity contribution in [2.24, 2.45) is 0 Å². The smallest absolute Gasteiger partial charge is 0.329 e. The minimum Gasteiger partial charge on any atom is -0.357 e. The average molecular weight is 253 g/mol. The van der Waals surface area contributed by atoms with E-state index in [9.17, 15) is 10.1 Å². The molecule has 0 unspecified atom stereocenters. The molecule has 0 amide bonds. The molecule has 0 spiro atoms. The Bertz CT molecular complexity index is 410. The maximum Gasteiger partial charge on any atom is 0.329 e. The van der Waals surface area contributed by atoms with E-state index in [0.29, 0.717) is 11.8 Å². The molecule has 0 aliphatic carbocycles. The fourth-order valence-electron chi connectivity index (χ4n) is 1.60. The standard InChI is InChI=1S/C11H19N5O2/c1-4-5-6-7-15(3)10-9(16(17)18)8-13-11(12-2)14-10/h8H,4-7H2,1-3H3,(H,12,13,14). The third-order valence-electron chi connectivity index (χ3n) is 2.63. The number of nitro groups is 1. The predicted octanol–water partition coefficient (Wildman–Crippen LogP) is 2.05. The van der Waals surface area contributed by atoms with Crippen molar-refractivity contribution in [2.75, 3.05) is 30.9 Å². The lowest BCUT2D eigenvalue weighted by Crippen LogP contribution is -2.21. The number of hydrogen-bond acceptors (Lipinski definition) is 6. The number of rotatable bonds is 7. The van der Waals surface area contributed by atoms with Crippen molar-refractivity contribution in [3.05, 3.63) is 16.3 Å². The molecule has 18 heavy (non-hydrogen) atoms. The van der Waals surface area contributed by atoms with Crippen molar-refractivity contribution >= 4 is 17.5 Å². The van der Waals surface area contributed by atoms with Crippen LogP contribution >= 0.6 is 0 Å². The number of unbranched alkanes of at least 4 members (excludes halogenated alkanes) is 2. The van der Waals surface area contributed by atoms with Gasteiger partial charge in [0, 0.05) is 20.6 Å². The van der Waals surface area contributed by atoms with E-state index >= 15 is 0 Å². The summed E-state index contributed by atoms with van der Waals surface area (Å²) < 4.78 is 0. The number of hydrogen-bond donors (Lipinski definition) is 1. The van der Waals surface area contributed by atoms with Crippen LogP contribution in [0.1, 0.15) is 26.2 Å². The Hall–Kier alpha value is -1.92. The zero-order valence-corrected chi connectivity index (χ0v) is 11.0.